The highest BCUT2D eigenvalue weighted by Gasteiger charge is 2.12. The van der Waals surface area contributed by atoms with Crippen LogP contribution in [0.5, 0.6) is 5.75 Å². The zero-order chi connectivity index (χ0) is 20.8. The molecule has 0 radical (unpaired) electrons. The van der Waals surface area contributed by atoms with Crippen LogP contribution < -0.4 is 10.1 Å². The summed E-state index contributed by atoms with van der Waals surface area (Å²) in [7, 11) is 0. The zero-order valence-corrected chi connectivity index (χ0v) is 16.8. The van der Waals surface area contributed by atoms with E-state index in [9.17, 15) is 4.79 Å². The molecule has 1 N–H and O–H groups in total. The van der Waals surface area contributed by atoms with Crippen LogP contribution in [0.15, 0.2) is 59.0 Å². The highest BCUT2D eigenvalue weighted by Crippen LogP contribution is 2.30. The van der Waals surface area contributed by atoms with Gasteiger partial charge >= 0.3 is 0 Å². The first-order valence-corrected chi connectivity index (χ1v) is 10.1. The summed E-state index contributed by atoms with van der Waals surface area (Å²) in [5, 5.41) is 11.8. The minimum Gasteiger partial charge on any atom is -0.493 e. The number of aromatic nitrogens is 2. The van der Waals surface area contributed by atoms with E-state index in [0.29, 0.717) is 18.7 Å². The van der Waals surface area contributed by atoms with E-state index >= 15 is 0 Å². The average Bonchev–Trinajstić information content (AvgIpc) is 3.30. The van der Waals surface area contributed by atoms with E-state index in [4.69, 9.17) is 9.72 Å². The minimum atomic E-state index is -0.115. The van der Waals surface area contributed by atoms with E-state index in [2.05, 4.69) is 20.5 Å². The standard InChI is InChI=1S/C23H23N5O2/c1-2-30-22-15-20(16-7-11-24-12-8-16)27-21-14-17(5-6-19(21)22)23(29)25-10-3-4-18-9-13-26-28-18/h5-8,11-15H,2-4,9-10H2,1H3,(H,25,29). The van der Waals surface area contributed by atoms with E-state index in [1.165, 1.54) is 0 Å². The molecule has 1 amide bonds. The van der Waals surface area contributed by atoms with Gasteiger partial charge in [-0.15, -0.1) is 0 Å². The van der Waals surface area contributed by atoms with Crippen LogP contribution in [0.1, 0.15) is 36.5 Å². The van der Waals surface area contributed by atoms with Crippen molar-refractivity contribution in [1.29, 1.82) is 0 Å². The third-order valence-corrected chi connectivity index (χ3v) is 4.85. The first kappa shape index (κ1) is 19.7. The van der Waals surface area contributed by atoms with Crippen LogP contribution in [0.4, 0.5) is 0 Å². The molecule has 0 aliphatic carbocycles. The molecule has 1 aliphatic heterocycles. The van der Waals surface area contributed by atoms with Gasteiger partial charge in [-0.3, -0.25) is 9.78 Å². The van der Waals surface area contributed by atoms with Gasteiger partial charge in [0.25, 0.3) is 5.91 Å². The number of benzene rings is 1. The van der Waals surface area contributed by atoms with Gasteiger partial charge in [-0.2, -0.15) is 10.2 Å². The van der Waals surface area contributed by atoms with Gasteiger partial charge in [-0.05, 0) is 50.1 Å². The third-order valence-electron chi connectivity index (χ3n) is 4.85. The van der Waals surface area contributed by atoms with Crippen molar-refractivity contribution < 1.29 is 9.53 Å². The lowest BCUT2D eigenvalue weighted by Gasteiger charge is -2.12. The van der Waals surface area contributed by atoms with E-state index in [1.54, 1.807) is 18.6 Å². The number of ether oxygens (including phenoxy) is 1. The molecule has 1 aliphatic rings. The van der Waals surface area contributed by atoms with Crippen molar-refractivity contribution in [3.63, 3.8) is 0 Å². The normalized spacial score (nSPS) is 12.8. The molecule has 3 heterocycles. The first-order chi connectivity index (χ1) is 14.7. The van der Waals surface area contributed by atoms with Gasteiger partial charge in [-0.25, -0.2) is 4.98 Å². The smallest absolute Gasteiger partial charge is 0.251 e. The Labute approximate surface area is 174 Å². The molecule has 152 valence electrons. The molecule has 1 aromatic carbocycles. The Morgan fingerprint density at radius 3 is 2.80 bits per heavy atom. The Kier molecular flexibility index (Phi) is 6.08. The number of nitrogens with zero attached hydrogens (tertiary/aromatic N) is 4. The van der Waals surface area contributed by atoms with Gasteiger partial charge in [0, 0.05) is 59.9 Å². The van der Waals surface area contributed by atoms with E-state index < -0.39 is 0 Å². The third kappa shape index (κ3) is 4.51. The molecule has 0 bridgehead atoms. The van der Waals surface area contributed by atoms with Crippen molar-refractivity contribution in [3.05, 3.63) is 54.4 Å². The highest BCUT2D eigenvalue weighted by atomic mass is 16.5. The molecule has 0 atom stereocenters. The molecule has 2 aromatic heterocycles. The molecule has 0 spiro atoms. The molecule has 3 aromatic rings. The molecule has 0 fully saturated rings. The van der Waals surface area contributed by atoms with Gasteiger partial charge in [0.2, 0.25) is 0 Å². The van der Waals surface area contributed by atoms with Crippen LogP contribution >= 0.6 is 0 Å². The van der Waals surface area contributed by atoms with Crippen molar-refractivity contribution in [2.45, 2.75) is 26.2 Å². The van der Waals surface area contributed by atoms with Gasteiger partial charge in [0.1, 0.15) is 5.75 Å². The summed E-state index contributed by atoms with van der Waals surface area (Å²) < 4.78 is 5.83. The molecular formula is C23H23N5O2. The fourth-order valence-corrected chi connectivity index (χ4v) is 3.34. The van der Waals surface area contributed by atoms with Crippen molar-refractivity contribution in [2.24, 2.45) is 10.2 Å². The minimum absolute atomic E-state index is 0.115. The number of pyridine rings is 2. The lowest BCUT2D eigenvalue weighted by molar-refractivity contribution is 0.0953. The Bertz CT molecular complexity index is 1110. The van der Waals surface area contributed by atoms with Crippen LogP contribution in [-0.4, -0.2) is 41.0 Å². The fourth-order valence-electron chi connectivity index (χ4n) is 3.34. The second-order valence-electron chi connectivity index (χ2n) is 6.93. The lowest BCUT2D eigenvalue weighted by atomic mass is 10.1. The van der Waals surface area contributed by atoms with Crippen LogP contribution in [-0.2, 0) is 0 Å². The van der Waals surface area contributed by atoms with E-state index in [1.807, 2.05) is 43.3 Å². The largest absolute Gasteiger partial charge is 0.493 e. The number of hydrogen-bond donors (Lipinski definition) is 1. The molecule has 4 rings (SSSR count). The summed E-state index contributed by atoms with van der Waals surface area (Å²) in [5.74, 6) is 0.636. The van der Waals surface area contributed by atoms with Crippen molar-refractivity contribution >= 4 is 28.7 Å². The molecule has 7 heteroatoms. The predicted octanol–water partition coefficient (Wildman–Crippen LogP) is 4.04. The molecule has 0 saturated heterocycles. The number of carbonyl (C=O) groups excluding carboxylic acids is 1. The first-order valence-electron chi connectivity index (χ1n) is 10.1. The maximum atomic E-state index is 12.6. The monoisotopic (exact) mass is 401 g/mol. The van der Waals surface area contributed by atoms with Crippen LogP contribution in [0.25, 0.3) is 22.2 Å². The van der Waals surface area contributed by atoms with Gasteiger partial charge in [0.05, 0.1) is 17.8 Å². The lowest BCUT2D eigenvalue weighted by Crippen LogP contribution is -2.24. The maximum Gasteiger partial charge on any atom is 0.251 e. The average molecular weight is 401 g/mol. The Morgan fingerprint density at radius 1 is 1.17 bits per heavy atom. The Balaban J connectivity index is 1.53. The summed E-state index contributed by atoms with van der Waals surface area (Å²) in [5.41, 5.74) is 4.09. The fraction of sp³-hybridized carbons (Fsp3) is 0.261. The van der Waals surface area contributed by atoms with Gasteiger partial charge < -0.3 is 10.1 Å². The molecule has 0 saturated carbocycles. The second kappa shape index (κ2) is 9.26. The Morgan fingerprint density at radius 2 is 2.03 bits per heavy atom. The van der Waals surface area contributed by atoms with Crippen LogP contribution in [0.2, 0.25) is 0 Å². The van der Waals surface area contributed by atoms with Crippen molar-refractivity contribution in [2.75, 3.05) is 13.2 Å². The zero-order valence-electron chi connectivity index (χ0n) is 16.8. The summed E-state index contributed by atoms with van der Waals surface area (Å²) in [4.78, 5) is 21.4. The SMILES string of the molecule is CCOc1cc(-c2ccncc2)nc2cc(C(=O)NCCCC3=NN=CC3)ccc12. The van der Waals surface area contributed by atoms with Crippen LogP contribution in [0, 0.1) is 0 Å². The molecule has 7 nitrogen and oxygen atoms in total. The highest BCUT2D eigenvalue weighted by molar-refractivity contribution is 6.00. The predicted molar refractivity (Wildman–Crippen MR) is 118 cm³/mol. The summed E-state index contributed by atoms with van der Waals surface area (Å²) in [6.07, 6.45) is 7.75. The Hall–Kier alpha value is -3.61. The summed E-state index contributed by atoms with van der Waals surface area (Å²) >= 11 is 0. The molecule has 30 heavy (non-hydrogen) atoms. The molecule has 0 unspecified atom stereocenters. The van der Waals surface area contributed by atoms with Crippen molar-refractivity contribution in [1.82, 2.24) is 15.3 Å². The number of carbonyl (C=O) groups is 1. The summed E-state index contributed by atoms with van der Waals surface area (Å²) in [6, 6.07) is 11.2. The summed E-state index contributed by atoms with van der Waals surface area (Å²) in [6.45, 7) is 3.08. The van der Waals surface area contributed by atoms with Gasteiger partial charge in [0.15, 0.2) is 0 Å². The van der Waals surface area contributed by atoms with Gasteiger partial charge in [-0.1, -0.05) is 0 Å². The number of fused-ring (bicyclic) bond motifs is 1. The van der Waals surface area contributed by atoms with E-state index in [0.717, 1.165) is 52.9 Å². The number of amides is 1. The topological polar surface area (TPSA) is 88.8 Å². The maximum absolute atomic E-state index is 12.6. The molecular weight excluding hydrogens is 378 g/mol. The number of nitrogens with one attached hydrogen (secondary N) is 1. The van der Waals surface area contributed by atoms with Crippen LogP contribution in [0.3, 0.4) is 0 Å². The number of hydrogen-bond acceptors (Lipinski definition) is 6. The number of rotatable bonds is 8. The second-order valence-corrected chi connectivity index (χ2v) is 6.93. The quantitative estimate of drug-likeness (QED) is 0.577. The van der Waals surface area contributed by atoms with E-state index in [-0.39, 0.29) is 5.91 Å². The van der Waals surface area contributed by atoms with Crippen molar-refractivity contribution in [3.8, 4) is 17.0 Å².